The Morgan fingerprint density at radius 1 is 1.07 bits per heavy atom. The van der Waals surface area contributed by atoms with Gasteiger partial charge < -0.3 is 14.8 Å². The predicted molar refractivity (Wildman–Crippen MR) is 107 cm³/mol. The smallest absolute Gasteiger partial charge is 0.267 e. The number of para-hydroxylation sites is 1. The van der Waals surface area contributed by atoms with Gasteiger partial charge in [-0.15, -0.1) is 0 Å². The minimum Gasteiger partial charge on any atom is -0.497 e. The second-order valence-corrected chi connectivity index (χ2v) is 6.14. The molecule has 0 bridgehead atoms. The molecule has 0 saturated carbocycles. The lowest BCUT2D eigenvalue weighted by atomic mass is 10.1. The molecule has 2 aromatic carbocycles. The summed E-state index contributed by atoms with van der Waals surface area (Å²) in [4.78, 5) is 24.6. The molecule has 0 spiro atoms. The maximum Gasteiger partial charge on any atom is 0.267 e. The van der Waals surface area contributed by atoms with Crippen molar-refractivity contribution < 1.29 is 14.3 Å². The Morgan fingerprint density at radius 2 is 1.86 bits per heavy atom. The molecule has 7 nitrogen and oxygen atoms in total. The van der Waals surface area contributed by atoms with Crippen LogP contribution in [0.1, 0.15) is 5.56 Å². The number of hydrogen-bond acceptors (Lipinski definition) is 5. The van der Waals surface area contributed by atoms with Crippen LogP contribution in [0.5, 0.6) is 11.5 Å². The number of carbonyl (C=O) groups is 1. The van der Waals surface area contributed by atoms with Crippen LogP contribution in [0.3, 0.4) is 0 Å². The first-order chi connectivity index (χ1) is 13.5. The Bertz CT molecular complexity index is 1060. The fourth-order valence-corrected chi connectivity index (χ4v) is 2.76. The monoisotopic (exact) mass is 379 g/mol. The zero-order valence-corrected chi connectivity index (χ0v) is 15.9. The Hall–Kier alpha value is -3.61. The number of nitrogens with one attached hydrogen (secondary N) is 1. The van der Waals surface area contributed by atoms with Gasteiger partial charge in [-0.3, -0.25) is 9.59 Å². The summed E-state index contributed by atoms with van der Waals surface area (Å²) in [5.41, 5.74) is 2.43. The van der Waals surface area contributed by atoms with Crippen LogP contribution in [0.4, 0.5) is 5.69 Å². The van der Waals surface area contributed by atoms with Crippen molar-refractivity contribution in [1.29, 1.82) is 0 Å². The number of amides is 1. The van der Waals surface area contributed by atoms with Gasteiger partial charge in [-0.1, -0.05) is 18.2 Å². The van der Waals surface area contributed by atoms with E-state index in [0.29, 0.717) is 28.4 Å². The SMILES string of the molecule is COc1ccc(OC)c(-c2ccc(=O)n(CC(=O)Nc3ccccc3C)n2)c1. The van der Waals surface area contributed by atoms with Gasteiger partial charge >= 0.3 is 0 Å². The summed E-state index contributed by atoms with van der Waals surface area (Å²) < 4.78 is 11.8. The molecule has 0 aliphatic heterocycles. The number of rotatable bonds is 6. The number of benzene rings is 2. The molecule has 3 rings (SSSR count). The molecule has 1 heterocycles. The van der Waals surface area contributed by atoms with Gasteiger partial charge in [-0.2, -0.15) is 5.10 Å². The van der Waals surface area contributed by atoms with Gasteiger partial charge in [0.15, 0.2) is 0 Å². The van der Waals surface area contributed by atoms with Gasteiger partial charge in [0.05, 0.1) is 19.9 Å². The van der Waals surface area contributed by atoms with Crippen LogP contribution in [-0.4, -0.2) is 29.9 Å². The molecule has 0 fully saturated rings. The van der Waals surface area contributed by atoms with Crippen molar-refractivity contribution in [2.45, 2.75) is 13.5 Å². The average molecular weight is 379 g/mol. The van der Waals surface area contributed by atoms with Crippen LogP contribution in [0, 0.1) is 6.92 Å². The molecular weight excluding hydrogens is 358 g/mol. The number of methoxy groups -OCH3 is 2. The first-order valence-electron chi connectivity index (χ1n) is 8.68. The minimum absolute atomic E-state index is 0.201. The molecule has 0 aliphatic carbocycles. The summed E-state index contributed by atoms with van der Waals surface area (Å²) >= 11 is 0. The van der Waals surface area contributed by atoms with Gasteiger partial charge in [0, 0.05) is 17.3 Å². The number of hydrogen-bond donors (Lipinski definition) is 1. The molecule has 1 amide bonds. The molecule has 3 aromatic rings. The summed E-state index contributed by atoms with van der Waals surface area (Å²) in [6.45, 7) is 1.70. The van der Waals surface area contributed by atoms with Crippen molar-refractivity contribution >= 4 is 11.6 Å². The molecule has 0 saturated heterocycles. The third-order valence-corrected chi connectivity index (χ3v) is 4.26. The molecule has 0 unspecified atom stereocenters. The van der Waals surface area contributed by atoms with Gasteiger partial charge in [0.25, 0.3) is 5.56 Å². The summed E-state index contributed by atoms with van der Waals surface area (Å²) in [6.07, 6.45) is 0. The number of aryl methyl sites for hydroxylation is 1. The lowest BCUT2D eigenvalue weighted by Crippen LogP contribution is -2.29. The molecule has 144 valence electrons. The Balaban J connectivity index is 1.89. The lowest BCUT2D eigenvalue weighted by Gasteiger charge is -2.12. The Kier molecular flexibility index (Phi) is 5.74. The predicted octanol–water partition coefficient (Wildman–Crippen LogP) is 2.87. The van der Waals surface area contributed by atoms with Crippen LogP contribution in [0.15, 0.2) is 59.4 Å². The van der Waals surface area contributed by atoms with Crippen molar-refractivity contribution in [3.05, 3.63) is 70.5 Å². The number of carbonyl (C=O) groups excluding carboxylic acids is 1. The highest BCUT2D eigenvalue weighted by Gasteiger charge is 2.13. The quantitative estimate of drug-likeness (QED) is 0.712. The van der Waals surface area contributed by atoms with Crippen LogP contribution in [0.25, 0.3) is 11.3 Å². The third-order valence-electron chi connectivity index (χ3n) is 4.26. The summed E-state index contributed by atoms with van der Waals surface area (Å²) in [7, 11) is 3.12. The topological polar surface area (TPSA) is 82.5 Å². The second kappa shape index (κ2) is 8.39. The second-order valence-electron chi connectivity index (χ2n) is 6.14. The molecule has 7 heteroatoms. The maximum absolute atomic E-state index is 12.4. The van der Waals surface area contributed by atoms with Crippen molar-refractivity contribution in [2.24, 2.45) is 0 Å². The zero-order chi connectivity index (χ0) is 20.1. The first kappa shape index (κ1) is 19.2. The number of nitrogens with zero attached hydrogens (tertiary/aromatic N) is 2. The minimum atomic E-state index is -0.370. The van der Waals surface area contributed by atoms with E-state index < -0.39 is 0 Å². The highest BCUT2D eigenvalue weighted by atomic mass is 16.5. The van der Waals surface area contributed by atoms with E-state index >= 15 is 0 Å². The summed E-state index contributed by atoms with van der Waals surface area (Å²) in [6, 6.07) is 15.7. The fraction of sp³-hybridized carbons (Fsp3) is 0.190. The number of aromatic nitrogens is 2. The first-order valence-corrected chi connectivity index (χ1v) is 8.68. The maximum atomic E-state index is 12.4. The normalized spacial score (nSPS) is 10.4. The number of ether oxygens (including phenoxy) is 2. The van der Waals surface area contributed by atoms with Gasteiger partial charge in [0.1, 0.15) is 18.0 Å². The van der Waals surface area contributed by atoms with Crippen LogP contribution >= 0.6 is 0 Å². The average Bonchev–Trinajstić information content (AvgIpc) is 2.71. The number of anilines is 1. The molecule has 1 N–H and O–H groups in total. The third kappa shape index (κ3) is 4.20. The molecule has 28 heavy (non-hydrogen) atoms. The van der Waals surface area contributed by atoms with E-state index in [4.69, 9.17) is 9.47 Å². The molecule has 0 radical (unpaired) electrons. The van der Waals surface area contributed by atoms with E-state index in [1.165, 1.54) is 6.07 Å². The van der Waals surface area contributed by atoms with Gasteiger partial charge in [0.2, 0.25) is 5.91 Å². The van der Waals surface area contributed by atoms with Crippen molar-refractivity contribution in [2.75, 3.05) is 19.5 Å². The summed E-state index contributed by atoms with van der Waals surface area (Å²) in [5.74, 6) is 0.883. The Labute approximate surface area is 162 Å². The lowest BCUT2D eigenvalue weighted by molar-refractivity contribution is -0.117. The van der Waals surface area contributed by atoms with Crippen LogP contribution < -0.4 is 20.3 Å². The van der Waals surface area contributed by atoms with Crippen molar-refractivity contribution in [3.8, 4) is 22.8 Å². The van der Waals surface area contributed by atoms with E-state index in [2.05, 4.69) is 10.4 Å². The standard InChI is InChI=1S/C21H21N3O4/c1-14-6-4-5-7-17(14)22-20(25)13-24-21(26)11-9-18(23-24)16-12-15(27-2)8-10-19(16)28-3/h4-12H,13H2,1-3H3,(H,22,25). The Morgan fingerprint density at radius 3 is 2.57 bits per heavy atom. The highest BCUT2D eigenvalue weighted by Crippen LogP contribution is 2.31. The van der Waals surface area contributed by atoms with Gasteiger partial charge in [-0.25, -0.2) is 4.68 Å². The zero-order valence-electron chi connectivity index (χ0n) is 15.9. The van der Waals surface area contributed by atoms with E-state index in [-0.39, 0.29) is 18.0 Å². The van der Waals surface area contributed by atoms with E-state index in [1.807, 2.05) is 25.1 Å². The van der Waals surface area contributed by atoms with Crippen LogP contribution in [-0.2, 0) is 11.3 Å². The molecule has 0 atom stereocenters. The van der Waals surface area contributed by atoms with Gasteiger partial charge in [-0.05, 0) is 42.8 Å². The van der Waals surface area contributed by atoms with Crippen molar-refractivity contribution in [1.82, 2.24) is 9.78 Å². The van der Waals surface area contributed by atoms with Crippen molar-refractivity contribution in [3.63, 3.8) is 0 Å². The van der Waals surface area contributed by atoms with E-state index in [9.17, 15) is 9.59 Å². The molecule has 1 aromatic heterocycles. The molecular formula is C21H21N3O4. The van der Waals surface area contributed by atoms with E-state index in [0.717, 1.165) is 10.2 Å². The fourth-order valence-electron chi connectivity index (χ4n) is 2.76. The van der Waals surface area contributed by atoms with Crippen LogP contribution in [0.2, 0.25) is 0 Å². The largest absolute Gasteiger partial charge is 0.497 e. The highest BCUT2D eigenvalue weighted by molar-refractivity contribution is 5.91. The summed E-state index contributed by atoms with van der Waals surface area (Å²) in [5, 5.41) is 7.14. The van der Waals surface area contributed by atoms with E-state index in [1.54, 1.807) is 44.6 Å². The molecule has 0 aliphatic rings.